The number of benzene rings is 1. The van der Waals surface area contributed by atoms with Crippen LogP contribution in [0, 0.1) is 5.82 Å². The van der Waals surface area contributed by atoms with Crippen LogP contribution in [-0.2, 0) is 14.3 Å². The molecule has 0 aliphatic carbocycles. The molecule has 1 atom stereocenters. The van der Waals surface area contributed by atoms with Crippen molar-refractivity contribution >= 4 is 11.8 Å². The number of amides is 2. The Hall–Kier alpha value is -2.19. The summed E-state index contributed by atoms with van der Waals surface area (Å²) in [5.41, 5.74) is -0.235. The standard InChI is InChI=1S/C22H32FN3O4/c1-22(2,3)24-20(27)13-25-10-8-17(9-11-25)26-12-19(30-15-21(26)28)14-29-18-6-4-16(23)5-7-18/h4-7,17,19H,8-15H2,1-3H3,(H,24,27)/t19-/m0/s1. The first-order valence-corrected chi connectivity index (χ1v) is 10.5. The van der Waals surface area contributed by atoms with Gasteiger partial charge in [0.05, 0.1) is 13.1 Å². The SMILES string of the molecule is CC(C)(C)NC(=O)CN1CCC(N2C[C@@H](COc3ccc(F)cc3)OCC2=O)CC1. The minimum atomic E-state index is -0.310. The summed E-state index contributed by atoms with van der Waals surface area (Å²) in [5.74, 6) is 0.291. The highest BCUT2D eigenvalue weighted by atomic mass is 19.1. The Bertz CT molecular complexity index is 727. The fourth-order valence-corrected chi connectivity index (χ4v) is 3.87. The summed E-state index contributed by atoms with van der Waals surface area (Å²) in [6.07, 6.45) is 1.45. The van der Waals surface area contributed by atoms with Gasteiger partial charge in [-0.2, -0.15) is 0 Å². The molecule has 0 saturated carbocycles. The van der Waals surface area contributed by atoms with Crippen molar-refractivity contribution in [3.05, 3.63) is 30.1 Å². The Kier molecular flexibility index (Phi) is 7.31. The second kappa shape index (κ2) is 9.75. The van der Waals surface area contributed by atoms with Gasteiger partial charge in [-0.05, 0) is 57.9 Å². The highest BCUT2D eigenvalue weighted by molar-refractivity contribution is 5.79. The van der Waals surface area contributed by atoms with E-state index in [1.807, 2.05) is 25.7 Å². The van der Waals surface area contributed by atoms with E-state index in [0.29, 0.717) is 25.4 Å². The molecule has 1 aromatic rings. The lowest BCUT2D eigenvalue weighted by atomic mass is 10.0. The maximum Gasteiger partial charge on any atom is 0.248 e. The number of nitrogens with one attached hydrogen (secondary N) is 1. The van der Waals surface area contributed by atoms with Crippen LogP contribution in [0.5, 0.6) is 5.75 Å². The Morgan fingerprint density at radius 3 is 2.53 bits per heavy atom. The second-order valence-electron chi connectivity index (χ2n) is 9.05. The van der Waals surface area contributed by atoms with Crippen LogP contribution in [0.25, 0.3) is 0 Å². The van der Waals surface area contributed by atoms with Gasteiger partial charge in [0.2, 0.25) is 11.8 Å². The number of hydrogen-bond acceptors (Lipinski definition) is 5. The average Bonchev–Trinajstić information content (AvgIpc) is 2.68. The molecule has 3 rings (SSSR count). The fourth-order valence-electron chi connectivity index (χ4n) is 3.87. The first-order chi connectivity index (χ1) is 14.2. The molecule has 1 aromatic carbocycles. The van der Waals surface area contributed by atoms with Gasteiger partial charge in [-0.25, -0.2) is 4.39 Å². The normalized spacial score (nSPS) is 21.5. The van der Waals surface area contributed by atoms with E-state index in [1.165, 1.54) is 12.1 Å². The van der Waals surface area contributed by atoms with Crippen molar-refractivity contribution in [1.29, 1.82) is 0 Å². The minimum absolute atomic E-state index is 0.00282. The third-order valence-corrected chi connectivity index (χ3v) is 5.29. The predicted molar refractivity (Wildman–Crippen MR) is 111 cm³/mol. The molecule has 0 bridgehead atoms. The van der Waals surface area contributed by atoms with Crippen molar-refractivity contribution in [3.63, 3.8) is 0 Å². The van der Waals surface area contributed by atoms with E-state index in [-0.39, 0.29) is 41.9 Å². The molecule has 30 heavy (non-hydrogen) atoms. The lowest BCUT2D eigenvalue weighted by molar-refractivity contribution is -0.155. The Balaban J connectivity index is 1.45. The summed E-state index contributed by atoms with van der Waals surface area (Å²) < 4.78 is 24.3. The molecule has 0 spiro atoms. The van der Waals surface area contributed by atoms with Crippen LogP contribution in [0.2, 0.25) is 0 Å². The van der Waals surface area contributed by atoms with Gasteiger partial charge in [0, 0.05) is 24.7 Å². The zero-order valence-electron chi connectivity index (χ0n) is 18.0. The molecular weight excluding hydrogens is 389 g/mol. The number of rotatable bonds is 6. The van der Waals surface area contributed by atoms with E-state index in [2.05, 4.69) is 10.2 Å². The van der Waals surface area contributed by atoms with Gasteiger partial charge in [0.1, 0.15) is 30.9 Å². The molecule has 166 valence electrons. The number of piperidine rings is 1. The molecule has 0 aromatic heterocycles. The number of halogens is 1. The maximum absolute atomic E-state index is 13.0. The van der Waals surface area contributed by atoms with Crippen molar-refractivity contribution < 1.29 is 23.5 Å². The number of nitrogens with zero attached hydrogens (tertiary/aromatic N) is 2. The van der Waals surface area contributed by atoms with E-state index in [4.69, 9.17) is 9.47 Å². The summed E-state index contributed by atoms with van der Waals surface area (Å²) in [6.45, 7) is 8.69. The summed E-state index contributed by atoms with van der Waals surface area (Å²) in [6, 6.07) is 6.00. The largest absolute Gasteiger partial charge is 0.491 e. The van der Waals surface area contributed by atoms with Crippen LogP contribution >= 0.6 is 0 Å². The molecule has 7 nitrogen and oxygen atoms in total. The number of likely N-dealkylation sites (tertiary alicyclic amines) is 1. The van der Waals surface area contributed by atoms with Gasteiger partial charge in [-0.15, -0.1) is 0 Å². The number of carbonyl (C=O) groups is 2. The molecule has 1 N–H and O–H groups in total. The smallest absolute Gasteiger partial charge is 0.248 e. The Morgan fingerprint density at radius 2 is 1.90 bits per heavy atom. The summed E-state index contributed by atoms with van der Waals surface area (Å²) in [4.78, 5) is 28.6. The first-order valence-electron chi connectivity index (χ1n) is 10.5. The van der Waals surface area contributed by atoms with Crippen molar-refractivity contribution in [2.45, 2.75) is 51.3 Å². The lowest BCUT2D eigenvalue weighted by Gasteiger charge is -2.42. The number of ether oxygens (including phenoxy) is 2. The average molecular weight is 422 g/mol. The third kappa shape index (κ3) is 6.67. The lowest BCUT2D eigenvalue weighted by Crippen LogP contribution is -2.56. The molecular formula is C22H32FN3O4. The fraction of sp³-hybridized carbons (Fsp3) is 0.636. The van der Waals surface area contributed by atoms with Gasteiger partial charge < -0.3 is 19.7 Å². The second-order valence-corrected chi connectivity index (χ2v) is 9.05. The molecule has 0 unspecified atom stereocenters. The topological polar surface area (TPSA) is 71.1 Å². The molecule has 2 aliphatic heterocycles. The van der Waals surface area contributed by atoms with Gasteiger partial charge in [-0.1, -0.05) is 0 Å². The monoisotopic (exact) mass is 421 g/mol. The highest BCUT2D eigenvalue weighted by Gasteiger charge is 2.34. The van der Waals surface area contributed by atoms with Gasteiger partial charge >= 0.3 is 0 Å². The maximum atomic E-state index is 13.0. The summed E-state index contributed by atoms with van der Waals surface area (Å²) in [7, 11) is 0. The molecule has 0 radical (unpaired) electrons. The van der Waals surface area contributed by atoms with Crippen molar-refractivity contribution in [2.75, 3.05) is 39.4 Å². The third-order valence-electron chi connectivity index (χ3n) is 5.29. The van der Waals surface area contributed by atoms with Crippen LogP contribution < -0.4 is 10.1 Å². The van der Waals surface area contributed by atoms with E-state index < -0.39 is 0 Å². The molecule has 2 aliphatic rings. The van der Waals surface area contributed by atoms with Gasteiger partial charge in [-0.3, -0.25) is 14.5 Å². The minimum Gasteiger partial charge on any atom is -0.491 e. The van der Waals surface area contributed by atoms with Crippen LogP contribution in [0.15, 0.2) is 24.3 Å². The van der Waals surface area contributed by atoms with E-state index in [0.717, 1.165) is 25.9 Å². The number of hydrogen-bond donors (Lipinski definition) is 1. The molecule has 2 fully saturated rings. The predicted octanol–water partition coefficient (Wildman–Crippen LogP) is 1.81. The first kappa shape index (κ1) is 22.5. The zero-order chi connectivity index (χ0) is 21.7. The van der Waals surface area contributed by atoms with Crippen molar-refractivity contribution in [1.82, 2.24) is 15.1 Å². The molecule has 2 saturated heterocycles. The van der Waals surface area contributed by atoms with Gasteiger partial charge in [0.15, 0.2) is 0 Å². The molecule has 2 amide bonds. The van der Waals surface area contributed by atoms with E-state index >= 15 is 0 Å². The van der Waals surface area contributed by atoms with E-state index in [1.54, 1.807) is 12.1 Å². The quantitative estimate of drug-likeness (QED) is 0.759. The summed E-state index contributed by atoms with van der Waals surface area (Å²) in [5, 5.41) is 2.99. The van der Waals surface area contributed by atoms with Crippen molar-refractivity contribution in [3.8, 4) is 5.75 Å². The summed E-state index contributed by atoms with van der Waals surface area (Å²) >= 11 is 0. The van der Waals surface area contributed by atoms with Crippen LogP contribution in [-0.4, -0.2) is 78.7 Å². The highest BCUT2D eigenvalue weighted by Crippen LogP contribution is 2.21. The van der Waals surface area contributed by atoms with Crippen LogP contribution in [0.3, 0.4) is 0 Å². The Labute approximate surface area is 177 Å². The van der Waals surface area contributed by atoms with E-state index in [9.17, 15) is 14.0 Å². The Morgan fingerprint density at radius 1 is 1.23 bits per heavy atom. The van der Waals surface area contributed by atoms with Gasteiger partial charge in [0.25, 0.3) is 0 Å². The molecule has 8 heteroatoms. The van der Waals surface area contributed by atoms with Crippen molar-refractivity contribution in [2.24, 2.45) is 0 Å². The van der Waals surface area contributed by atoms with Crippen LogP contribution in [0.4, 0.5) is 4.39 Å². The zero-order valence-corrected chi connectivity index (χ0v) is 18.0. The van der Waals surface area contributed by atoms with Crippen LogP contribution in [0.1, 0.15) is 33.6 Å². The number of morpholine rings is 1. The molecule has 2 heterocycles. The number of carbonyl (C=O) groups excluding carboxylic acids is 2.